The molecule has 1 heterocycles. The van der Waals surface area contributed by atoms with Crippen LogP contribution in [-0.2, 0) is 11.2 Å². The fourth-order valence-corrected chi connectivity index (χ4v) is 3.79. The number of hydrogen-bond acceptors (Lipinski definition) is 6. The second-order valence-electron chi connectivity index (χ2n) is 6.75. The maximum Gasteiger partial charge on any atom is 0.225 e. The standard InChI is InChI=1S/C22H27N3O4S/c1-27-18-11-14(12-19(28-2)21(18)29-3)13-20(26)23-17(9-10-30-4)22-24-15-7-5-6-8-16(15)25-22/h5-8,11-12,17H,9-10,13H2,1-4H3,(H,23,26)(H,24,25)/t17-/m0/s1. The van der Waals surface area contributed by atoms with Gasteiger partial charge >= 0.3 is 0 Å². The van der Waals surface area contributed by atoms with Crippen LogP contribution in [0.15, 0.2) is 36.4 Å². The summed E-state index contributed by atoms with van der Waals surface area (Å²) in [6.07, 6.45) is 3.02. The van der Waals surface area contributed by atoms with Gasteiger partial charge in [0, 0.05) is 0 Å². The molecule has 0 saturated heterocycles. The lowest BCUT2D eigenvalue weighted by molar-refractivity contribution is -0.121. The van der Waals surface area contributed by atoms with Crippen molar-refractivity contribution in [2.75, 3.05) is 33.3 Å². The normalized spacial score (nSPS) is 11.9. The molecule has 7 nitrogen and oxygen atoms in total. The van der Waals surface area contributed by atoms with Crippen LogP contribution < -0.4 is 19.5 Å². The van der Waals surface area contributed by atoms with E-state index in [1.54, 1.807) is 45.2 Å². The molecule has 0 unspecified atom stereocenters. The number of aromatic amines is 1. The van der Waals surface area contributed by atoms with Gasteiger partial charge in [-0.25, -0.2) is 4.98 Å². The number of thioether (sulfide) groups is 1. The van der Waals surface area contributed by atoms with Gasteiger partial charge in [-0.15, -0.1) is 0 Å². The summed E-state index contributed by atoms with van der Waals surface area (Å²) in [5.41, 5.74) is 2.62. The van der Waals surface area contributed by atoms with Crippen molar-refractivity contribution in [2.45, 2.75) is 18.9 Å². The van der Waals surface area contributed by atoms with E-state index >= 15 is 0 Å². The minimum Gasteiger partial charge on any atom is -0.493 e. The van der Waals surface area contributed by atoms with Gasteiger partial charge in [0.1, 0.15) is 5.82 Å². The zero-order chi connectivity index (χ0) is 21.5. The summed E-state index contributed by atoms with van der Waals surface area (Å²) in [6, 6.07) is 11.2. The highest BCUT2D eigenvalue weighted by atomic mass is 32.2. The fraction of sp³-hybridized carbons (Fsp3) is 0.364. The molecule has 0 saturated carbocycles. The Labute approximate surface area is 180 Å². The smallest absolute Gasteiger partial charge is 0.225 e. The number of para-hydroxylation sites is 2. The van der Waals surface area contributed by atoms with Crippen molar-refractivity contribution in [3.8, 4) is 17.2 Å². The summed E-state index contributed by atoms with van der Waals surface area (Å²) in [5.74, 6) is 3.13. The van der Waals surface area contributed by atoms with Crippen molar-refractivity contribution >= 4 is 28.7 Å². The van der Waals surface area contributed by atoms with Gasteiger partial charge in [-0.2, -0.15) is 11.8 Å². The molecule has 1 aromatic heterocycles. The van der Waals surface area contributed by atoms with Crippen LogP contribution in [0, 0.1) is 0 Å². The number of H-pyrrole nitrogens is 1. The Balaban J connectivity index is 1.79. The molecular weight excluding hydrogens is 402 g/mol. The summed E-state index contributed by atoms with van der Waals surface area (Å²) in [5, 5.41) is 3.12. The number of nitrogens with one attached hydrogen (secondary N) is 2. The third-order valence-electron chi connectivity index (χ3n) is 4.77. The molecule has 2 N–H and O–H groups in total. The zero-order valence-corrected chi connectivity index (χ0v) is 18.5. The van der Waals surface area contributed by atoms with Crippen molar-refractivity contribution in [3.63, 3.8) is 0 Å². The van der Waals surface area contributed by atoms with Crippen LogP contribution in [0.25, 0.3) is 11.0 Å². The molecule has 0 aliphatic carbocycles. The number of carbonyl (C=O) groups excluding carboxylic acids is 1. The quantitative estimate of drug-likeness (QED) is 0.511. The summed E-state index contributed by atoms with van der Waals surface area (Å²) in [7, 11) is 4.67. The van der Waals surface area contributed by atoms with E-state index in [4.69, 9.17) is 14.2 Å². The molecule has 0 radical (unpaired) electrons. The third-order valence-corrected chi connectivity index (χ3v) is 5.42. The van der Waals surface area contributed by atoms with E-state index in [2.05, 4.69) is 15.3 Å². The number of hydrogen-bond donors (Lipinski definition) is 2. The topological polar surface area (TPSA) is 85.5 Å². The maximum absolute atomic E-state index is 12.9. The largest absolute Gasteiger partial charge is 0.493 e. The number of rotatable bonds is 10. The van der Waals surface area contributed by atoms with Crippen LogP contribution in [0.3, 0.4) is 0 Å². The van der Waals surface area contributed by atoms with Crippen LogP contribution in [0.1, 0.15) is 23.9 Å². The molecule has 3 rings (SSSR count). The molecule has 0 bridgehead atoms. The molecule has 1 atom stereocenters. The van der Waals surface area contributed by atoms with E-state index in [-0.39, 0.29) is 18.4 Å². The van der Waals surface area contributed by atoms with E-state index in [0.717, 1.165) is 34.6 Å². The summed E-state index contributed by atoms with van der Waals surface area (Å²) < 4.78 is 16.1. The van der Waals surface area contributed by atoms with Crippen molar-refractivity contribution in [2.24, 2.45) is 0 Å². The van der Waals surface area contributed by atoms with Gasteiger partial charge in [0.2, 0.25) is 11.7 Å². The Bertz CT molecular complexity index is 947. The Morgan fingerprint density at radius 1 is 1.13 bits per heavy atom. The fourth-order valence-electron chi connectivity index (χ4n) is 3.32. The van der Waals surface area contributed by atoms with E-state index in [0.29, 0.717) is 17.2 Å². The molecule has 30 heavy (non-hydrogen) atoms. The predicted octanol–water partition coefficient (Wildman–Crippen LogP) is 3.74. The number of fused-ring (bicyclic) bond motifs is 1. The highest BCUT2D eigenvalue weighted by Gasteiger charge is 2.20. The predicted molar refractivity (Wildman–Crippen MR) is 120 cm³/mol. The van der Waals surface area contributed by atoms with Gasteiger partial charge in [0.15, 0.2) is 11.5 Å². The molecule has 0 fully saturated rings. The van der Waals surface area contributed by atoms with Gasteiger partial charge in [-0.05, 0) is 48.3 Å². The molecule has 0 aliphatic heterocycles. The summed E-state index contributed by atoms with van der Waals surface area (Å²) >= 11 is 1.74. The van der Waals surface area contributed by atoms with E-state index in [1.165, 1.54) is 0 Å². The molecule has 2 aromatic carbocycles. The number of benzene rings is 2. The minimum absolute atomic E-state index is 0.101. The molecule has 0 aliphatic rings. The van der Waals surface area contributed by atoms with Crippen LogP contribution in [-0.4, -0.2) is 49.2 Å². The van der Waals surface area contributed by atoms with Gasteiger partial charge in [-0.1, -0.05) is 12.1 Å². The summed E-state index contributed by atoms with van der Waals surface area (Å²) in [6.45, 7) is 0. The maximum atomic E-state index is 12.9. The Hall–Kier alpha value is -2.87. The first-order valence-electron chi connectivity index (χ1n) is 9.61. The van der Waals surface area contributed by atoms with Crippen molar-refractivity contribution in [3.05, 3.63) is 47.8 Å². The Morgan fingerprint density at radius 3 is 2.43 bits per heavy atom. The minimum atomic E-state index is -0.195. The average Bonchev–Trinajstić information content (AvgIpc) is 3.20. The van der Waals surface area contributed by atoms with E-state index in [9.17, 15) is 4.79 Å². The zero-order valence-electron chi connectivity index (χ0n) is 17.7. The number of aromatic nitrogens is 2. The van der Waals surface area contributed by atoms with Crippen molar-refractivity contribution in [1.82, 2.24) is 15.3 Å². The van der Waals surface area contributed by atoms with Crippen molar-refractivity contribution < 1.29 is 19.0 Å². The number of amides is 1. The third kappa shape index (κ3) is 4.99. The lowest BCUT2D eigenvalue weighted by Gasteiger charge is -2.17. The first kappa shape index (κ1) is 21.8. The number of ether oxygens (including phenoxy) is 3. The van der Waals surface area contributed by atoms with Gasteiger partial charge in [0.25, 0.3) is 0 Å². The molecule has 1 amide bonds. The van der Waals surface area contributed by atoms with Crippen LogP contribution in [0.2, 0.25) is 0 Å². The SMILES string of the molecule is COc1cc(CC(=O)N[C@@H](CCSC)c2nc3ccccc3[nH]2)cc(OC)c1OC. The highest BCUT2D eigenvalue weighted by molar-refractivity contribution is 7.98. The lowest BCUT2D eigenvalue weighted by atomic mass is 10.1. The van der Waals surface area contributed by atoms with Gasteiger partial charge in [-0.3, -0.25) is 4.79 Å². The molecule has 0 spiro atoms. The lowest BCUT2D eigenvalue weighted by Crippen LogP contribution is -2.31. The Kier molecular flexibility index (Phi) is 7.46. The first-order chi connectivity index (χ1) is 14.6. The molecule has 160 valence electrons. The molecular formula is C22H27N3O4S. The number of imidazole rings is 1. The van der Waals surface area contributed by atoms with Crippen LogP contribution in [0.5, 0.6) is 17.2 Å². The second-order valence-corrected chi connectivity index (χ2v) is 7.74. The summed E-state index contributed by atoms with van der Waals surface area (Å²) in [4.78, 5) is 20.9. The number of carbonyl (C=O) groups is 1. The van der Waals surface area contributed by atoms with Crippen LogP contribution in [0.4, 0.5) is 0 Å². The van der Waals surface area contributed by atoms with Crippen LogP contribution >= 0.6 is 11.8 Å². The monoisotopic (exact) mass is 429 g/mol. The second kappa shape index (κ2) is 10.2. The highest BCUT2D eigenvalue weighted by Crippen LogP contribution is 2.38. The van der Waals surface area contributed by atoms with Crippen molar-refractivity contribution in [1.29, 1.82) is 0 Å². The first-order valence-corrected chi connectivity index (χ1v) is 11.0. The molecule has 8 heteroatoms. The van der Waals surface area contributed by atoms with E-state index in [1.807, 2.05) is 30.5 Å². The number of methoxy groups -OCH3 is 3. The van der Waals surface area contributed by atoms with Gasteiger partial charge in [0.05, 0.1) is 44.8 Å². The number of nitrogens with zero attached hydrogens (tertiary/aromatic N) is 1. The average molecular weight is 430 g/mol. The Morgan fingerprint density at radius 2 is 1.83 bits per heavy atom. The van der Waals surface area contributed by atoms with E-state index < -0.39 is 0 Å². The molecule has 3 aromatic rings. The van der Waals surface area contributed by atoms with Gasteiger partial charge < -0.3 is 24.5 Å².